The van der Waals surface area contributed by atoms with Crippen molar-refractivity contribution >= 4 is 39.9 Å². The molecule has 0 saturated heterocycles. The number of carbonyl (C=O) groups excluding carboxylic acids is 2. The number of hydrogen-bond donors (Lipinski definition) is 2. The Hall–Kier alpha value is -3.49. The van der Waals surface area contributed by atoms with Crippen LogP contribution in [-0.2, 0) is 9.53 Å². The van der Waals surface area contributed by atoms with E-state index in [1.807, 2.05) is 32.0 Å². The monoisotopic (exact) mass is 480 g/mol. The first-order valence-electron chi connectivity index (χ1n) is 10.2. The molecule has 168 valence electrons. The third-order valence-electron chi connectivity index (χ3n) is 5.06. The number of rotatable bonds is 6. The lowest BCUT2D eigenvalue weighted by atomic mass is 10.1. The molecule has 0 aliphatic heterocycles. The second-order valence-corrected chi connectivity index (χ2v) is 8.69. The van der Waals surface area contributed by atoms with Crippen molar-refractivity contribution < 1.29 is 14.3 Å². The molecular formula is C24H21ClN4O3S. The lowest BCUT2D eigenvalue weighted by molar-refractivity contribution is -0.123. The van der Waals surface area contributed by atoms with E-state index in [1.165, 1.54) is 18.3 Å². The van der Waals surface area contributed by atoms with E-state index in [0.717, 1.165) is 28.3 Å². The van der Waals surface area contributed by atoms with Crippen molar-refractivity contribution in [2.24, 2.45) is 0 Å². The standard InChI is InChI=1S/C24H21ClN4O3S/c1-13-14(2)27-21(26-13)16-8-10-17(11-9-16)23(31)32-15(3)22(30)29-24-28-20(12-33-24)18-6-4-5-7-19(18)25/h4-12,15H,1-3H3,(H,26,27)(H,28,29,30). The summed E-state index contributed by atoms with van der Waals surface area (Å²) in [4.78, 5) is 37.1. The van der Waals surface area contributed by atoms with Crippen LogP contribution in [0.15, 0.2) is 53.9 Å². The van der Waals surface area contributed by atoms with Crippen LogP contribution >= 0.6 is 22.9 Å². The molecule has 33 heavy (non-hydrogen) atoms. The molecule has 0 spiro atoms. The molecule has 4 rings (SSSR count). The highest BCUT2D eigenvalue weighted by molar-refractivity contribution is 7.14. The van der Waals surface area contributed by atoms with Gasteiger partial charge in [-0.2, -0.15) is 0 Å². The Balaban J connectivity index is 1.37. The minimum Gasteiger partial charge on any atom is -0.449 e. The summed E-state index contributed by atoms with van der Waals surface area (Å²) in [5, 5.41) is 5.45. The van der Waals surface area contributed by atoms with Gasteiger partial charge < -0.3 is 9.72 Å². The number of ether oxygens (including phenoxy) is 1. The molecule has 0 radical (unpaired) electrons. The Morgan fingerprint density at radius 3 is 2.48 bits per heavy atom. The van der Waals surface area contributed by atoms with Gasteiger partial charge in [0.25, 0.3) is 5.91 Å². The number of amides is 1. The van der Waals surface area contributed by atoms with Gasteiger partial charge in [0.15, 0.2) is 11.2 Å². The van der Waals surface area contributed by atoms with Gasteiger partial charge in [-0.3, -0.25) is 10.1 Å². The Bertz CT molecular complexity index is 1290. The molecule has 4 aromatic rings. The molecule has 1 unspecified atom stereocenters. The number of benzene rings is 2. The molecule has 7 nitrogen and oxygen atoms in total. The lowest BCUT2D eigenvalue weighted by Crippen LogP contribution is -2.29. The van der Waals surface area contributed by atoms with E-state index in [0.29, 0.717) is 21.4 Å². The zero-order valence-electron chi connectivity index (χ0n) is 18.2. The van der Waals surface area contributed by atoms with Crippen LogP contribution in [0.3, 0.4) is 0 Å². The van der Waals surface area contributed by atoms with Crippen LogP contribution in [0.1, 0.15) is 28.7 Å². The minimum atomic E-state index is -1.000. The number of esters is 1. The van der Waals surface area contributed by atoms with Crippen LogP contribution in [0.25, 0.3) is 22.6 Å². The number of halogens is 1. The fourth-order valence-electron chi connectivity index (χ4n) is 3.06. The van der Waals surface area contributed by atoms with Crippen LogP contribution in [-0.4, -0.2) is 32.9 Å². The highest BCUT2D eigenvalue weighted by atomic mass is 35.5. The molecule has 2 aromatic heterocycles. The summed E-state index contributed by atoms with van der Waals surface area (Å²) in [6, 6.07) is 14.2. The predicted molar refractivity (Wildman–Crippen MR) is 130 cm³/mol. The number of H-pyrrole nitrogens is 1. The van der Waals surface area contributed by atoms with E-state index in [2.05, 4.69) is 20.3 Å². The van der Waals surface area contributed by atoms with Gasteiger partial charge in [-0.1, -0.05) is 41.9 Å². The number of nitrogens with one attached hydrogen (secondary N) is 2. The summed E-state index contributed by atoms with van der Waals surface area (Å²) >= 11 is 7.47. The maximum Gasteiger partial charge on any atom is 0.338 e. The van der Waals surface area contributed by atoms with Crippen LogP contribution in [0.2, 0.25) is 5.02 Å². The van der Waals surface area contributed by atoms with E-state index in [-0.39, 0.29) is 0 Å². The summed E-state index contributed by atoms with van der Waals surface area (Å²) in [6.07, 6.45) is -1.000. The quantitative estimate of drug-likeness (QED) is 0.347. The Labute approximate surface area is 199 Å². The summed E-state index contributed by atoms with van der Waals surface area (Å²) in [5.74, 6) is -0.328. The average molecular weight is 481 g/mol. The molecule has 1 atom stereocenters. The van der Waals surface area contributed by atoms with Crippen LogP contribution in [0.5, 0.6) is 0 Å². The second-order valence-electron chi connectivity index (χ2n) is 7.43. The van der Waals surface area contributed by atoms with Crippen LogP contribution in [0.4, 0.5) is 5.13 Å². The Morgan fingerprint density at radius 2 is 1.82 bits per heavy atom. The van der Waals surface area contributed by atoms with Crippen LogP contribution in [0, 0.1) is 13.8 Å². The summed E-state index contributed by atoms with van der Waals surface area (Å²) in [7, 11) is 0. The smallest absolute Gasteiger partial charge is 0.338 e. The molecule has 0 bridgehead atoms. The second kappa shape index (κ2) is 9.56. The molecule has 0 fully saturated rings. The van der Waals surface area contributed by atoms with Crippen molar-refractivity contribution in [1.82, 2.24) is 15.0 Å². The molecule has 1 amide bonds. The molecule has 2 heterocycles. The van der Waals surface area contributed by atoms with Crippen molar-refractivity contribution in [3.8, 4) is 22.6 Å². The number of aromatic nitrogens is 3. The SMILES string of the molecule is Cc1nc(-c2ccc(C(=O)OC(C)C(=O)Nc3nc(-c4ccccc4Cl)cs3)cc2)[nH]c1C. The zero-order valence-corrected chi connectivity index (χ0v) is 19.8. The number of aryl methyl sites for hydroxylation is 2. The maximum absolute atomic E-state index is 12.5. The van der Waals surface area contributed by atoms with E-state index >= 15 is 0 Å². The molecule has 0 aliphatic carbocycles. The van der Waals surface area contributed by atoms with E-state index in [9.17, 15) is 9.59 Å². The van der Waals surface area contributed by atoms with Crippen molar-refractivity contribution in [3.63, 3.8) is 0 Å². The van der Waals surface area contributed by atoms with E-state index in [4.69, 9.17) is 16.3 Å². The highest BCUT2D eigenvalue weighted by Crippen LogP contribution is 2.30. The van der Waals surface area contributed by atoms with Gasteiger partial charge in [0.2, 0.25) is 0 Å². The third-order valence-corrected chi connectivity index (χ3v) is 6.15. The number of imidazole rings is 1. The predicted octanol–water partition coefficient (Wildman–Crippen LogP) is 5.65. The van der Waals surface area contributed by atoms with Crippen molar-refractivity contribution in [2.75, 3.05) is 5.32 Å². The number of aromatic amines is 1. The van der Waals surface area contributed by atoms with Gasteiger partial charge in [-0.25, -0.2) is 14.8 Å². The van der Waals surface area contributed by atoms with Gasteiger partial charge in [0.1, 0.15) is 5.82 Å². The minimum absolute atomic E-state index is 0.341. The van der Waals surface area contributed by atoms with Gasteiger partial charge in [-0.15, -0.1) is 11.3 Å². The zero-order chi connectivity index (χ0) is 23.5. The van der Waals surface area contributed by atoms with Gasteiger partial charge in [0.05, 0.1) is 17.0 Å². The van der Waals surface area contributed by atoms with E-state index in [1.54, 1.807) is 35.7 Å². The number of anilines is 1. The molecule has 0 aliphatic rings. The Morgan fingerprint density at radius 1 is 1.09 bits per heavy atom. The summed E-state index contributed by atoms with van der Waals surface area (Å²) in [5.41, 5.74) is 4.55. The fraction of sp³-hybridized carbons (Fsp3) is 0.167. The van der Waals surface area contributed by atoms with Gasteiger partial charge in [0, 0.05) is 27.2 Å². The van der Waals surface area contributed by atoms with Crippen molar-refractivity contribution in [1.29, 1.82) is 0 Å². The largest absolute Gasteiger partial charge is 0.449 e. The lowest BCUT2D eigenvalue weighted by Gasteiger charge is -2.12. The van der Waals surface area contributed by atoms with Crippen LogP contribution < -0.4 is 5.32 Å². The first-order chi connectivity index (χ1) is 15.8. The number of carbonyl (C=O) groups is 2. The topological polar surface area (TPSA) is 97.0 Å². The first kappa shape index (κ1) is 22.7. The third kappa shape index (κ3) is 5.13. The average Bonchev–Trinajstić information content (AvgIpc) is 3.40. The van der Waals surface area contributed by atoms with Crippen molar-refractivity contribution in [3.05, 3.63) is 75.9 Å². The molecule has 0 saturated carbocycles. The summed E-state index contributed by atoms with van der Waals surface area (Å²) in [6.45, 7) is 5.39. The molecule has 9 heteroatoms. The Kier molecular flexibility index (Phi) is 6.57. The number of hydrogen-bond acceptors (Lipinski definition) is 6. The van der Waals surface area contributed by atoms with Crippen molar-refractivity contribution in [2.45, 2.75) is 26.9 Å². The molecule has 2 N–H and O–H groups in total. The highest BCUT2D eigenvalue weighted by Gasteiger charge is 2.20. The molecule has 2 aromatic carbocycles. The van der Waals surface area contributed by atoms with Gasteiger partial charge in [-0.05, 0) is 39.0 Å². The normalized spacial score (nSPS) is 11.8. The maximum atomic E-state index is 12.5. The first-order valence-corrected chi connectivity index (χ1v) is 11.4. The number of thiazole rings is 1. The molecular weight excluding hydrogens is 460 g/mol. The number of nitrogens with zero attached hydrogens (tertiary/aromatic N) is 2. The van der Waals surface area contributed by atoms with Gasteiger partial charge >= 0.3 is 5.97 Å². The summed E-state index contributed by atoms with van der Waals surface area (Å²) < 4.78 is 5.33. The van der Waals surface area contributed by atoms with E-state index < -0.39 is 18.0 Å². The fourth-order valence-corrected chi connectivity index (χ4v) is 4.01.